The highest BCUT2D eigenvalue weighted by Gasteiger charge is 2.38. The van der Waals surface area contributed by atoms with Gasteiger partial charge in [0, 0.05) is 28.4 Å². The average molecular weight is 384 g/mol. The first-order valence-corrected chi connectivity index (χ1v) is 7.52. The highest BCUT2D eigenvalue weighted by molar-refractivity contribution is 6.30. The molecule has 0 saturated carbocycles. The SMILES string of the molecule is O=C(Cn1ccc(-c2nnc(C(F)(F)F)o2)cc1=O)c1ccc(Cl)cc1. The number of nitrogens with zero attached hydrogens (tertiary/aromatic N) is 3. The lowest BCUT2D eigenvalue weighted by atomic mass is 10.1. The molecule has 3 rings (SSSR count). The summed E-state index contributed by atoms with van der Waals surface area (Å²) in [4.78, 5) is 24.3. The second-order valence-corrected chi connectivity index (χ2v) is 5.66. The lowest BCUT2D eigenvalue weighted by Gasteiger charge is -2.06. The number of hydrogen-bond acceptors (Lipinski definition) is 5. The van der Waals surface area contributed by atoms with E-state index in [0.29, 0.717) is 10.6 Å². The van der Waals surface area contributed by atoms with E-state index in [2.05, 4.69) is 14.6 Å². The molecular formula is C16H9ClF3N3O3. The minimum Gasteiger partial charge on any atom is -0.413 e. The molecule has 0 amide bonds. The van der Waals surface area contributed by atoms with E-state index in [1.807, 2.05) is 0 Å². The van der Waals surface area contributed by atoms with Crippen LogP contribution < -0.4 is 5.56 Å². The molecule has 0 spiro atoms. The molecule has 10 heteroatoms. The van der Waals surface area contributed by atoms with Crippen molar-refractivity contribution in [3.8, 4) is 11.5 Å². The van der Waals surface area contributed by atoms with Crippen LogP contribution in [0.2, 0.25) is 5.02 Å². The summed E-state index contributed by atoms with van der Waals surface area (Å²) >= 11 is 5.75. The molecule has 26 heavy (non-hydrogen) atoms. The van der Waals surface area contributed by atoms with Gasteiger partial charge in [-0.3, -0.25) is 9.59 Å². The topological polar surface area (TPSA) is 78.0 Å². The van der Waals surface area contributed by atoms with Gasteiger partial charge in [0.2, 0.25) is 5.89 Å². The molecule has 3 aromatic rings. The van der Waals surface area contributed by atoms with E-state index in [-0.39, 0.29) is 17.9 Å². The molecule has 2 heterocycles. The number of aromatic nitrogens is 3. The van der Waals surface area contributed by atoms with E-state index in [4.69, 9.17) is 11.6 Å². The number of Topliss-reactive ketones (excluding diaryl/α,β-unsaturated/α-hetero) is 1. The van der Waals surface area contributed by atoms with Crippen LogP contribution in [0.5, 0.6) is 0 Å². The summed E-state index contributed by atoms with van der Waals surface area (Å²) in [5, 5.41) is 6.64. The van der Waals surface area contributed by atoms with Crippen LogP contribution in [-0.2, 0) is 12.7 Å². The van der Waals surface area contributed by atoms with Gasteiger partial charge in [-0.25, -0.2) is 0 Å². The van der Waals surface area contributed by atoms with Crippen molar-refractivity contribution in [2.75, 3.05) is 0 Å². The summed E-state index contributed by atoms with van der Waals surface area (Å²) in [6.07, 6.45) is -3.51. The van der Waals surface area contributed by atoms with Crippen molar-refractivity contribution in [2.24, 2.45) is 0 Å². The van der Waals surface area contributed by atoms with Gasteiger partial charge in [0.15, 0.2) is 5.78 Å². The number of rotatable bonds is 4. The zero-order chi connectivity index (χ0) is 18.9. The normalized spacial score (nSPS) is 11.5. The Balaban J connectivity index is 1.81. The Hall–Kier alpha value is -2.94. The molecule has 0 radical (unpaired) electrons. The Morgan fingerprint density at radius 1 is 1.15 bits per heavy atom. The summed E-state index contributed by atoms with van der Waals surface area (Å²) in [5.41, 5.74) is -0.207. The minimum absolute atomic E-state index is 0.0215. The molecule has 0 aliphatic heterocycles. The molecule has 0 aliphatic rings. The lowest BCUT2D eigenvalue weighted by Crippen LogP contribution is -2.23. The van der Waals surface area contributed by atoms with E-state index in [9.17, 15) is 22.8 Å². The number of benzene rings is 1. The van der Waals surface area contributed by atoms with Gasteiger partial charge in [-0.1, -0.05) is 11.6 Å². The van der Waals surface area contributed by atoms with Gasteiger partial charge in [-0.05, 0) is 30.3 Å². The van der Waals surface area contributed by atoms with Crippen LogP contribution in [0.3, 0.4) is 0 Å². The first kappa shape index (κ1) is 17.9. The predicted octanol–water partition coefficient (Wildman–Crippen LogP) is 3.45. The molecule has 0 unspecified atom stereocenters. The summed E-state index contributed by atoms with van der Waals surface area (Å²) < 4.78 is 43.1. The van der Waals surface area contributed by atoms with Crippen molar-refractivity contribution in [3.63, 3.8) is 0 Å². The number of ketones is 1. The largest absolute Gasteiger partial charge is 0.470 e. The Labute approximate surface area is 148 Å². The number of hydrogen-bond donors (Lipinski definition) is 0. The fourth-order valence-electron chi connectivity index (χ4n) is 2.11. The summed E-state index contributed by atoms with van der Waals surface area (Å²) in [7, 11) is 0. The zero-order valence-corrected chi connectivity index (χ0v) is 13.6. The molecular weight excluding hydrogens is 375 g/mol. The smallest absolute Gasteiger partial charge is 0.413 e. The van der Waals surface area contributed by atoms with E-state index < -0.39 is 23.5 Å². The summed E-state index contributed by atoms with van der Waals surface area (Å²) in [6.45, 7) is -0.238. The number of halogens is 4. The summed E-state index contributed by atoms with van der Waals surface area (Å²) in [6, 6.07) is 8.48. The van der Waals surface area contributed by atoms with Gasteiger partial charge in [0.25, 0.3) is 5.56 Å². The van der Waals surface area contributed by atoms with Crippen molar-refractivity contribution in [2.45, 2.75) is 12.7 Å². The van der Waals surface area contributed by atoms with Gasteiger partial charge in [0.05, 0.1) is 6.54 Å². The number of carbonyl (C=O) groups is 1. The van der Waals surface area contributed by atoms with Crippen molar-refractivity contribution in [1.29, 1.82) is 0 Å². The quantitative estimate of drug-likeness (QED) is 0.645. The van der Waals surface area contributed by atoms with Crippen molar-refractivity contribution in [1.82, 2.24) is 14.8 Å². The van der Waals surface area contributed by atoms with Crippen LogP contribution >= 0.6 is 11.6 Å². The van der Waals surface area contributed by atoms with E-state index in [0.717, 1.165) is 10.6 Å². The molecule has 2 aromatic heterocycles. The first-order chi connectivity index (χ1) is 12.2. The maximum atomic E-state index is 12.5. The molecule has 0 bridgehead atoms. The van der Waals surface area contributed by atoms with Crippen molar-refractivity contribution >= 4 is 17.4 Å². The molecule has 0 saturated heterocycles. The van der Waals surface area contributed by atoms with Gasteiger partial charge >= 0.3 is 12.1 Å². The van der Waals surface area contributed by atoms with Gasteiger partial charge in [-0.2, -0.15) is 13.2 Å². The van der Waals surface area contributed by atoms with E-state index >= 15 is 0 Å². The fourth-order valence-corrected chi connectivity index (χ4v) is 2.23. The molecule has 6 nitrogen and oxygen atoms in total. The van der Waals surface area contributed by atoms with Crippen LogP contribution in [0.1, 0.15) is 16.2 Å². The number of alkyl halides is 3. The molecule has 1 aromatic carbocycles. The van der Waals surface area contributed by atoms with Crippen molar-refractivity contribution < 1.29 is 22.4 Å². The third-order valence-electron chi connectivity index (χ3n) is 3.39. The molecule has 0 aliphatic carbocycles. The van der Waals surface area contributed by atoms with Gasteiger partial charge in [-0.15, -0.1) is 10.2 Å². The minimum atomic E-state index is -4.77. The Morgan fingerprint density at radius 2 is 1.85 bits per heavy atom. The fraction of sp³-hybridized carbons (Fsp3) is 0.125. The number of carbonyl (C=O) groups excluding carboxylic acids is 1. The van der Waals surface area contributed by atoms with Crippen LogP contribution in [0.25, 0.3) is 11.5 Å². The Kier molecular flexibility index (Phi) is 4.64. The standard InChI is InChI=1S/C16H9ClF3N3O3/c17-11-3-1-9(2-4-11)12(24)8-23-6-5-10(7-13(23)25)14-21-22-15(26-14)16(18,19)20/h1-7H,8H2. The number of pyridine rings is 1. The zero-order valence-electron chi connectivity index (χ0n) is 12.8. The van der Waals surface area contributed by atoms with Crippen LogP contribution in [-0.4, -0.2) is 20.5 Å². The van der Waals surface area contributed by atoms with Crippen molar-refractivity contribution in [3.05, 3.63) is 69.4 Å². The monoisotopic (exact) mass is 383 g/mol. The lowest BCUT2D eigenvalue weighted by molar-refractivity contribution is -0.156. The second-order valence-electron chi connectivity index (χ2n) is 5.22. The maximum Gasteiger partial charge on any atom is 0.470 e. The first-order valence-electron chi connectivity index (χ1n) is 7.14. The highest BCUT2D eigenvalue weighted by Crippen LogP contribution is 2.29. The van der Waals surface area contributed by atoms with Crippen LogP contribution in [0.15, 0.2) is 51.8 Å². The second kappa shape index (κ2) is 6.75. The summed E-state index contributed by atoms with van der Waals surface area (Å²) in [5.74, 6) is -2.27. The Bertz CT molecular complexity index is 1010. The highest BCUT2D eigenvalue weighted by atomic mass is 35.5. The molecule has 0 atom stereocenters. The van der Waals surface area contributed by atoms with Crippen LogP contribution in [0.4, 0.5) is 13.2 Å². The predicted molar refractivity (Wildman–Crippen MR) is 84.8 cm³/mol. The molecule has 0 fully saturated rings. The Morgan fingerprint density at radius 3 is 2.42 bits per heavy atom. The molecule has 134 valence electrons. The van der Waals surface area contributed by atoms with E-state index in [1.54, 1.807) is 12.1 Å². The third kappa shape index (κ3) is 3.83. The third-order valence-corrected chi connectivity index (χ3v) is 3.64. The van der Waals surface area contributed by atoms with Gasteiger partial charge < -0.3 is 8.98 Å². The molecule has 0 N–H and O–H groups in total. The maximum absolute atomic E-state index is 12.5. The van der Waals surface area contributed by atoms with Crippen LogP contribution in [0, 0.1) is 0 Å². The average Bonchev–Trinajstić information content (AvgIpc) is 3.07. The van der Waals surface area contributed by atoms with Gasteiger partial charge in [0.1, 0.15) is 0 Å². The van der Waals surface area contributed by atoms with E-state index in [1.165, 1.54) is 24.4 Å².